The van der Waals surface area contributed by atoms with Gasteiger partial charge in [0.05, 0.1) is 4.90 Å². The molecule has 0 aliphatic rings. The van der Waals surface area contributed by atoms with E-state index in [-0.39, 0.29) is 24.4 Å². The minimum atomic E-state index is -3.59. The van der Waals surface area contributed by atoms with Crippen LogP contribution in [0, 0.1) is 6.92 Å². The molecule has 0 aliphatic carbocycles. The predicted octanol–water partition coefficient (Wildman–Crippen LogP) is 1.92. The van der Waals surface area contributed by atoms with E-state index >= 15 is 0 Å². The normalized spacial score (nSPS) is 11.1. The van der Waals surface area contributed by atoms with Crippen molar-refractivity contribution in [1.29, 1.82) is 0 Å². The summed E-state index contributed by atoms with van der Waals surface area (Å²) in [6.45, 7) is 5.61. The first-order valence-corrected chi connectivity index (χ1v) is 7.31. The highest BCUT2D eigenvalue weighted by Crippen LogP contribution is 2.16. The smallest absolute Gasteiger partial charge is 0.243 e. The zero-order valence-corrected chi connectivity index (χ0v) is 11.7. The van der Waals surface area contributed by atoms with E-state index in [2.05, 4.69) is 12.3 Å². The van der Waals surface area contributed by atoms with E-state index in [0.29, 0.717) is 6.29 Å². The molecule has 0 fully saturated rings. The fourth-order valence-corrected chi connectivity index (χ4v) is 2.93. The van der Waals surface area contributed by atoms with Crippen molar-refractivity contribution in [3.63, 3.8) is 0 Å². The Kier molecular flexibility index (Phi) is 5.70. The molecule has 1 aromatic carbocycles. The molecular formula is C14H17NO3S. The van der Waals surface area contributed by atoms with Crippen molar-refractivity contribution in [1.82, 2.24) is 4.31 Å². The quantitative estimate of drug-likeness (QED) is 0.566. The van der Waals surface area contributed by atoms with Gasteiger partial charge in [-0.05, 0) is 25.1 Å². The second-order valence-electron chi connectivity index (χ2n) is 4.04. The van der Waals surface area contributed by atoms with Gasteiger partial charge in [-0.1, -0.05) is 24.3 Å². The Hall–Kier alpha value is -1.68. The molecule has 0 saturated carbocycles. The predicted molar refractivity (Wildman–Crippen MR) is 74.3 cm³/mol. The SMILES string of the molecule is C=C=CCN(CCC=O)S(=O)(=O)c1ccc(C)cc1. The molecular weight excluding hydrogens is 262 g/mol. The third kappa shape index (κ3) is 4.17. The average Bonchev–Trinajstić information content (AvgIpc) is 2.39. The first-order chi connectivity index (χ1) is 9.02. The van der Waals surface area contributed by atoms with Crippen molar-refractivity contribution in [2.75, 3.05) is 13.1 Å². The van der Waals surface area contributed by atoms with Crippen LogP contribution < -0.4 is 0 Å². The van der Waals surface area contributed by atoms with Crippen LogP contribution in [0.5, 0.6) is 0 Å². The van der Waals surface area contributed by atoms with E-state index in [1.165, 1.54) is 10.4 Å². The minimum absolute atomic E-state index is 0.151. The van der Waals surface area contributed by atoms with Crippen molar-refractivity contribution >= 4 is 16.3 Å². The van der Waals surface area contributed by atoms with Gasteiger partial charge < -0.3 is 4.79 Å². The molecule has 1 rings (SSSR count). The second-order valence-corrected chi connectivity index (χ2v) is 5.98. The number of carbonyl (C=O) groups is 1. The van der Waals surface area contributed by atoms with Crippen LogP contribution in [-0.2, 0) is 14.8 Å². The lowest BCUT2D eigenvalue weighted by Gasteiger charge is -2.19. The first kappa shape index (κ1) is 15.4. The molecule has 102 valence electrons. The molecule has 0 amide bonds. The van der Waals surface area contributed by atoms with Crippen LogP contribution in [0.25, 0.3) is 0 Å². The summed E-state index contributed by atoms with van der Waals surface area (Å²) in [5, 5.41) is 0. The summed E-state index contributed by atoms with van der Waals surface area (Å²) in [5.41, 5.74) is 3.53. The summed E-state index contributed by atoms with van der Waals surface area (Å²) in [6, 6.07) is 6.62. The fraction of sp³-hybridized carbons (Fsp3) is 0.286. The highest BCUT2D eigenvalue weighted by Gasteiger charge is 2.22. The average molecular weight is 279 g/mol. The van der Waals surface area contributed by atoms with Gasteiger partial charge in [-0.2, -0.15) is 4.31 Å². The number of sulfonamides is 1. The van der Waals surface area contributed by atoms with Crippen LogP contribution >= 0.6 is 0 Å². The summed E-state index contributed by atoms with van der Waals surface area (Å²) < 4.78 is 26.0. The maximum absolute atomic E-state index is 12.4. The number of hydrogen-bond acceptors (Lipinski definition) is 3. The van der Waals surface area contributed by atoms with Crippen molar-refractivity contribution in [2.45, 2.75) is 18.2 Å². The Bertz CT molecular complexity index is 569. The number of rotatable bonds is 7. The third-order valence-electron chi connectivity index (χ3n) is 2.59. The maximum Gasteiger partial charge on any atom is 0.243 e. The summed E-state index contributed by atoms with van der Waals surface area (Å²) in [6.07, 6.45) is 2.39. The van der Waals surface area contributed by atoms with Crippen LogP contribution in [-0.4, -0.2) is 32.1 Å². The van der Waals surface area contributed by atoms with Gasteiger partial charge in [0.2, 0.25) is 10.0 Å². The summed E-state index contributed by atoms with van der Waals surface area (Å²) in [4.78, 5) is 10.7. The van der Waals surface area contributed by atoms with Crippen LogP contribution in [0.4, 0.5) is 0 Å². The molecule has 0 heterocycles. The zero-order valence-electron chi connectivity index (χ0n) is 10.9. The molecule has 0 saturated heterocycles. The Balaban J connectivity index is 3.06. The van der Waals surface area contributed by atoms with E-state index in [9.17, 15) is 13.2 Å². The molecule has 0 bridgehead atoms. The van der Waals surface area contributed by atoms with Gasteiger partial charge in [0, 0.05) is 19.5 Å². The van der Waals surface area contributed by atoms with Crippen molar-refractivity contribution in [3.8, 4) is 0 Å². The third-order valence-corrected chi connectivity index (χ3v) is 4.47. The Labute approximate surface area is 114 Å². The fourth-order valence-electron chi connectivity index (χ4n) is 1.53. The number of hydrogen-bond donors (Lipinski definition) is 0. The minimum Gasteiger partial charge on any atom is -0.303 e. The van der Waals surface area contributed by atoms with Gasteiger partial charge in [0.1, 0.15) is 6.29 Å². The largest absolute Gasteiger partial charge is 0.303 e. The van der Waals surface area contributed by atoms with Crippen LogP contribution in [0.2, 0.25) is 0 Å². The van der Waals surface area contributed by atoms with Gasteiger partial charge in [0.25, 0.3) is 0 Å². The molecule has 0 N–H and O–H groups in total. The lowest BCUT2D eigenvalue weighted by atomic mass is 10.2. The molecule has 1 aromatic rings. The van der Waals surface area contributed by atoms with Crippen molar-refractivity contribution in [3.05, 3.63) is 48.2 Å². The van der Waals surface area contributed by atoms with Gasteiger partial charge in [-0.25, -0.2) is 8.42 Å². The Morgan fingerprint density at radius 3 is 2.47 bits per heavy atom. The van der Waals surface area contributed by atoms with E-state index in [0.717, 1.165) is 5.56 Å². The van der Waals surface area contributed by atoms with Gasteiger partial charge in [-0.15, -0.1) is 5.73 Å². The Morgan fingerprint density at radius 1 is 1.32 bits per heavy atom. The summed E-state index contributed by atoms with van der Waals surface area (Å²) in [5.74, 6) is 0. The molecule has 0 unspecified atom stereocenters. The number of nitrogens with zero attached hydrogens (tertiary/aromatic N) is 1. The van der Waals surface area contributed by atoms with Crippen molar-refractivity contribution < 1.29 is 13.2 Å². The molecule has 0 aromatic heterocycles. The molecule has 0 radical (unpaired) electrons. The van der Waals surface area contributed by atoms with Crippen LogP contribution in [0.1, 0.15) is 12.0 Å². The molecule has 19 heavy (non-hydrogen) atoms. The van der Waals surface area contributed by atoms with Crippen LogP contribution in [0.15, 0.2) is 47.5 Å². The topological polar surface area (TPSA) is 54.5 Å². The zero-order chi connectivity index (χ0) is 14.3. The second kappa shape index (κ2) is 7.04. The number of aryl methyl sites for hydroxylation is 1. The molecule has 5 heteroatoms. The number of carbonyl (C=O) groups excluding carboxylic acids is 1. The monoisotopic (exact) mass is 279 g/mol. The maximum atomic E-state index is 12.4. The highest BCUT2D eigenvalue weighted by atomic mass is 32.2. The van der Waals surface area contributed by atoms with Gasteiger partial charge in [-0.3, -0.25) is 0 Å². The van der Waals surface area contributed by atoms with Crippen LogP contribution in [0.3, 0.4) is 0 Å². The number of aldehydes is 1. The van der Waals surface area contributed by atoms with Gasteiger partial charge in [0.15, 0.2) is 0 Å². The van der Waals surface area contributed by atoms with E-state index in [4.69, 9.17) is 0 Å². The van der Waals surface area contributed by atoms with E-state index in [1.54, 1.807) is 24.3 Å². The molecule has 4 nitrogen and oxygen atoms in total. The Morgan fingerprint density at radius 2 is 1.95 bits per heavy atom. The highest BCUT2D eigenvalue weighted by molar-refractivity contribution is 7.89. The van der Waals surface area contributed by atoms with Crippen molar-refractivity contribution in [2.24, 2.45) is 0 Å². The van der Waals surface area contributed by atoms with E-state index in [1.807, 2.05) is 6.92 Å². The lowest BCUT2D eigenvalue weighted by molar-refractivity contribution is -0.107. The molecule has 0 atom stereocenters. The molecule has 0 aliphatic heterocycles. The summed E-state index contributed by atoms with van der Waals surface area (Å²) in [7, 11) is -3.59. The van der Waals surface area contributed by atoms with Gasteiger partial charge >= 0.3 is 0 Å². The van der Waals surface area contributed by atoms with E-state index < -0.39 is 10.0 Å². The summed E-state index contributed by atoms with van der Waals surface area (Å²) >= 11 is 0. The standard InChI is InChI=1S/C14H17NO3S/c1-3-4-10-15(11-5-12-16)19(17,18)14-8-6-13(2)7-9-14/h4,6-9,12H,1,5,10-11H2,2H3. The number of benzene rings is 1. The molecule has 0 spiro atoms. The first-order valence-electron chi connectivity index (χ1n) is 5.87. The lowest BCUT2D eigenvalue weighted by Crippen LogP contribution is -2.32.